The fourth-order valence-corrected chi connectivity index (χ4v) is 1.73. The third-order valence-electron chi connectivity index (χ3n) is 1.91. The molecular formula is C11H10IN3O. The fraction of sp³-hybridized carbons (Fsp3) is 0. The summed E-state index contributed by atoms with van der Waals surface area (Å²) in [5.41, 5.74) is 2.47. The first-order valence-corrected chi connectivity index (χ1v) is 5.72. The molecule has 0 unspecified atom stereocenters. The van der Waals surface area contributed by atoms with Gasteiger partial charge in [-0.05, 0) is 46.9 Å². The predicted molar refractivity (Wildman–Crippen MR) is 71.3 cm³/mol. The molecule has 0 aliphatic rings. The van der Waals surface area contributed by atoms with Gasteiger partial charge < -0.3 is 10.2 Å². The molecule has 1 heterocycles. The Morgan fingerprint density at radius 1 is 1.19 bits per heavy atom. The Bertz CT molecular complexity index is 490. The SMILES string of the molecule is NNc1cc(Oc2cccc(I)c2)ccn1. The summed E-state index contributed by atoms with van der Waals surface area (Å²) in [5.74, 6) is 7.33. The van der Waals surface area contributed by atoms with E-state index >= 15 is 0 Å². The zero-order chi connectivity index (χ0) is 11.4. The minimum atomic E-state index is 0.572. The van der Waals surface area contributed by atoms with Crippen molar-refractivity contribution in [1.82, 2.24) is 4.98 Å². The zero-order valence-corrected chi connectivity index (χ0v) is 10.5. The summed E-state index contributed by atoms with van der Waals surface area (Å²) in [6, 6.07) is 11.3. The smallest absolute Gasteiger partial charge is 0.143 e. The number of hydrogen-bond donors (Lipinski definition) is 2. The first kappa shape index (κ1) is 11.2. The number of hydrogen-bond acceptors (Lipinski definition) is 4. The summed E-state index contributed by atoms with van der Waals surface area (Å²) < 4.78 is 6.79. The number of nitrogens with one attached hydrogen (secondary N) is 1. The van der Waals surface area contributed by atoms with Gasteiger partial charge >= 0.3 is 0 Å². The second-order valence-corrected chi connectivity index (χ2v) is 4.33. The van der Waals surface area contributed by atoms with Crippen LogP contribution in [0.25, 0.3) is 0 Å². The minimum absolute atomic E-state index is 0.572. The summed E-state index contributed by atoms with van der Waals surface area (Å²) in [5, 5.41) is 0. The molecule has 1 aromatic heterocycles. The van der Waals surface area contributed by atoms with E-state index in [0.717, 1.165) is 9.32 Å². The molecule has 0 saturated heterocycles. The van der Waals surface area contributed by atoms with Gasteiger partial charge in [0.05, 0.1) is 0 Å². The molecule has 0 aliphatic carbocycles. The van der Waals surface area contributed by atoms with Crippen molar-refractivity contribution >= 4 is 28.4 Å². The Kier molecular flexibility index (Phi) is 3.58. The maximum absolute atomic E-state index is 5.66. The van der Waals surface area contributed by atoms with Crippen LogP contribution in [0.5, 0.6) is 11.5 Å². The van der Waals surface area contributed by atoms with Gasteiger partial charge in [0, 0.05) is 15.8 Å². The van der Waals surface area contributed by atoms with Crippen LogP contribution in [0.1, 0.15) is 0 Å². The monoisotopic (exact) mass is 327 g/mol. The van der Waals surface area contributed by atoms with E-state index in [9.17, 15) is 0 Å². The van der Waals surface area contributed by atoms with Crippen molar-refractivity contribution in [2.45, 2.75) is 0 Å². The Balaban J connectivity index is 2.20. The quantitative estimate of drug-likeness (QED) is 0.517. The van der Waals surface area contributed by atoms with Gasteiger partial charge in [-0.15, -0.1) is 0 Å². The van der Waals surface area contributed by atoms with Crippen molar-refractivity contribution in [2.24, 2.45) is 5.84 Å². The van der Waals surface area contributed by atoms with Crippen LogP contribution in [0, 0.1) is 3.57 Å². The van der Waals surface area contributed by atoms with Gasteiger partial charge in [0.2, 0.25) is 0 Å². The average Bonchev–Trinajstić information content (AvgIpc) is 2.29. The fourth-order valence-electron chi connectivity index (χ4n) is 1.22. The molecule has 0 atom stereocenters. The molecular weight excluding hydrogens is 317 g/mol. The molecule has 0 fully saturated rings. The molecule has 1 aromatic carbocycles. The molecule has 2 aromatic rings. The highest BCUT2D eigenvalue weighted by atomic mass is 127. The molecule has 0 amide bonds. The molecule has 4 nitrogen and oxygen atoms in total. The first-order valence-electron chi connectivity index (χ1n) is 4.64. The van der Waals surface area contributed by atoms with Crippen molar-refractivity contribution in [2.75, 3.05) is 5.43 Å². The lowest BCUT2D eigenvalue weighted by Gasteiger charge is -2.06. The zero-order valence-electron chi connectivity index (χ0n) is 8.35. The summed E-state index contributed by atoms with van der Waals surface area (Å²) in [6.07, 6.45) is 1.64. The van der Waals surface area contributed by atoms with Crippen molar-refractivity contribution in [1.29, 1.82) is 0 Å². The minimum Gasteiger partial charge on any atom is -0.457 e. The number of ether oxygens (including phenoxy) is 1. The number of benzene rings is 1. The van der Waals surface area contributed by atoms with Crippen LogP contribution in [0.4, 0.5) is 5.82 Å². The van der Waals surface area contributed by atoms with E-state index in [-0.39, 0.29) is 0 Å². The molecule has 0 aliphatic heterocycles. The van der Waals surface area contributed by atoms with Gasteiger partial charge in [-0.2, -0.15) is 0 Å². The van der Waals surface area contributed by atoms with Crippen molar-refractivity contribution in [3.63, 3.8) is 0 Å². The Morgan fingerprint density at radius 2 is 2.00 bits per heavy atom. The highest BCUT2D eigenvalue weighted by Crippen LogP contribution is 2.23. The topological polar surface area (TPSA) is 60.2 Å². The van der Waals surface area contributed by atoms with E-state index in [1.807, 2.05) is 24.3 Å². The van der Waals surface area contributed by atoms with Gasteiger partial charge in [-0.1, -0.05) is 6.07 Å². The van der Waals surface area contributed by atoms with E-state index < -0.39 is 0 Å². The molecule has 3 N–H and O–H groups in total. The molecule has 16 heavy (non-hydrogen) atoms. The van der Waals surface area contributed by atoms with E-state index in [1.54, 1.807) is 18.3 Å². The second-order valence-electron chi connectivity index (χ2n) is 3.08. The van der Waals surface area contributed by atoms with Gasteiger partial charge in [-0.3, -0.25) is 0 Å². The van der Waals surface area contributed by atoms with E-state index in [1.165, 1.54) is 0 Å². The van der Waals surface area contributed by atoms with Crippen LogP contribution in [0.3, 0.4) is 0 Å². The number of halogens is 1. The van der Waals surface area contributed by atoms with E-state index in [2.05, 4.69) is 33.0 Å². The molecule has 0 bridgehead atoms. The van der Waals surface area contributed by atoms with Crippen LogP contribution in [-0.4, -0.2) is 4.98 Å². The number of anilines is 1. The lowest BCUT2D eigenvalue weighted by Crippen LogP contribution is -2.08. The summed E-state index contributed by atoms with van der Waals surface area (Å²) in [7, 11) is 0. The third kappa shape index (κ3) is 2.83. The molecule has 82 valence electrons. The molecule has 0 saturated carbocycles. The van der Waals surface area contributed by atoms with Crippen LogP contribution in [0.2, 0.25) is 0 Å². The lowest BCUT2D eigenvalue weighted by atomic mass is 10.3. The Labute approximate surface area is 107 Å². The maximum atomic E-state index is 5.66. The van der Waals surface area contributed by atoms with Gasteiger partial charge in [-0.25, -0.2) is 10.8 Å². The predicted octanol–water partition coefficient (Wildman–Crippen LogP) is 2.76. The summed E-state index contributed by atoms with van der Waals surface area (Å²) in [6.45, 7) is 0. The number of nitrogen functional groups attached to an aromatic ring is 1. The Morgan fingerprint density at radius 3 is 2.75 bits per heavy atom. The number of rotatable bonds is 3. The van der Waals surface area contributed by atoms with Crippen LogP contribution in [0.15, 0.2) is 42.6 Å². The highest BCUT2D eigenvalue weighted by molar-refractivity contribution is 14.1. The molecule has 0 spiro atoms. The van der Waals surface area contributed by atoms with Gasteiger partial charge in [0.15, 0.2) is 0 Å². The van der Waals surface area contributed by atoms with Crippen molar-refractivity contribution in [3.05, 3.63) is 46.2 Å². The van der Waals surface area contributed by atoms with Crippen LogP contribution >= 0.6 is 22.6 Å². The van der Waals surface area contributed by atoms with Crippen LogP contribution in [-0.2, 0) is 0 Å². The lowest BCUT2D eigenvalue weighted by molar-refractivity contribution is 0.482. The van der Waals surface area contributed by atoms with Crippen LogP contribution < -0.4 is 16.0 Å². The number of hydrazine groups is 1. The van der Waals surface area contributed by atoms with Gasteiger partial charge in [0.1, 0.15) is 17.3 Å². The largest absolute Gasteiger partial charge is 0.457 e. The maximum Gasteiger partial charge on any atom is 0.143 e. The summed E-state index contributed by atoms with van der Waals surface area (Å²) in [4.78, 5) is 4.00. The summed E-state index contributed by atoms with van der Waals surface area (Å²) >= 11 is 2.24. The van der Waals surface area contributed by atoms with Crippen molar-refractivity contribution in [3.8, 4) is 11.5 Å². The number of nitrogens with two attached hydrogens (primary N) is 1. The molecule has 0 radical (unpaired) electrons. The first-order chi connectivity index (χ1) is 7.78. The Hall–Kier alpha value is -1.34. The normalized spacial score (nSPS) is 9.88. The second kappa shape index (κ2) is 5.13. The number of aromatic nitrogens is 1. The van der Waals surface area contributed by atoms with Gasteiger partial charge in [0.25, 0.3) is 0 Å². The highest BCUT2D eigenvalue weighted by Gasteiger charge is 1.99. The number of pyridine rings is 1. The standard InChI is InChI=1S/C11H10IN3O/c12-8-2-1-3-9(6-8)16-10-4-5-14-11(7-10)15-13/h1-7H,13H2,(H,14,15). The number of nitrogens with zero attached hydrogens (tertiary/aromatic N) is 1. The van der Waals surface area contributed by atoms with E-state index in [4.69, 9.17) is 10.6 Å². The van der Waals surface area contributed by atoms with Crippen molar-refractivity contribution < 1.29 is 4.74 Å². The average molecular weight is 327 g/mol. The third-order valence-corrected chi connectivity index (χ3v) is 2.58. The molecule has 2 rings (SSSR count). The van der Waals surface area contributed by atoms with E-state index in [0.29, 0.717) is 11.6 Å². The molecule has 5 heteroatoms.